The van der Waals surface area contributed by atoms with E-state index < -0.39 is 0 Å². The van der Waals surface area contributed by atoms with Crippen molar-refractivity contribution in [3.63, 3.8) is 0 Å². The number of benzene rings is 1. The van der Waals surface area contributed by atoms with E-state index in [0.29, 0.717) is 19.2 Å². The molecule has 6 heteroatoms. The van der Waals surface area contributed by atoms with Crippen molar-refractivity contribution in [3.8, 4) is 5.75 Å². The van der Waals surface area contributed by atoms with Crippen LogP contribution in [-0.2, 0) is 0 Å². The van der Waals surface area contributed by atoms with Gasteiger partial charge in [-0.2, -0.15) is 0 Å². The molecule has 1 fully saturated rings. The van der Waals surface area contributed by atoms with Gasteiger partial charge in [0.25, 0.3) is 0 Å². The Balaban J connectivity index is 1.67. The molecule has 2 N–H and O–H groups in total. The number of ether oxygens (including phenoxy) is 1. The Morgan fingerprint density at radius 2 is 2.17 bits per heavy atom. The fourth-order valence-electron chi connectivity index (χ4n) is 2.78. The number of likely N-dealkylation sites (N-methyl/N-ethyl adjacent to an activating group) is 2. The smallest absolute Gasteiger partial charge is 0.315 e. The quantitative estimate of drug-likeness (QED) is 0.824. The topological polar surface area (TPSA) is 56.8 Å². The van der Waals surface area contributed by atoms with Gasteiger partial charge >= 0.3 is 6.03 Å². The van der Waals surface area contributed by atoms with E-state index in [9.17, 15) is 4.79 Å². The highest BCUT2D eigenvalue weighted by atomic mass is 16.5. The van der Waals surface area contributed by atoms with Gasteiger partial charge < -0.3 is 20.3 Å². The second-order valence-electron chi connectivity index (χ2n) is 6.78. The van der Waals surface area contributed by atoms with Gasteiger partial charge in [-0.25, -0.2) is 4.79 Å². The first-order valence-electron chi connectivity index (χ1n) is 8.56. The van der Waals surface area contributed by atoms with E-state index in [2.05, 4.69) is 34.5 Å². The van der Waals surface area contributed by atoms with Crippen LogP contribution in [0.25, 0.3) is 0 Å². The van der Waals surface area contributed by atoms with Crippen LogP contribution in [0, 0.1) is 6.92 Å². The van der Waals surface area contributed by atoms with Crippen LogP contribution >= 0.6 is 0 Å². The van der Waals surface area contributed by atoms with Crippen LogP contribution < -0.4 is 15.4 Å². The van der Waals surface area contributed by atoms with Gasteiger partial charge in [-0.15, -0.1) is 0 Å². The zero-order chi connectivity index (χ0) is 17.5. The lowest BCUT2D eigenvalue weighted by atomic mass is 10.2. The van der Waals surface area contributed by atoms with Gasteiger partial charge in [-0.3, -0.25) is 4.90 Å². The highest BCUT2D eigenvalue weighted by Gasteiger charge is 2.22. The minimum Gasteiger partial charge on any atom is -0.491 e. The lowest BCUT2D eigenvalue weighted by Gasteiger charge is -2.37. The molecule has 0 aliphatic carbocycles. The third kappa shape index (κ3) is 6.02. The minimum absolute atomic E-state index is 0.0581. The molecule has 0 radical (unpaired) electrons. The monoisotopic (exact) mass is 334 g/mol. The molecule has 2 rings (SSSR count). The van der Waals surface area contributed by atoms with Gasteiger partial charge in [-0.1, -0.05) is 12.1 Å². The van der Waals surface area contributed by atoms with E-state index in [1.807, 2.05) is 38.1 Å². The summed E-state index contributed by atoms with van der Waals surface area (Å²) >= 11 is 0. The van der Waals surface area contributed by atoms with Crippen LogP contribution in [0.4, 0.5) is 4.79 Å². The summed E-state index contributed by atoms with van der Waals surface area (Å²) in [4.78, 5) is 16.6. The lowest BCUT2D eigenvalue weighted by Crippen LogP contribution is -2.55. The van der Waals surface area contributed by atoms with Crippen LogP contribution in [0.15, 0.2) is 24.3 Å². The number of nitrogens with one attached hydrogen (secondary N) is 2. The summed E-state index contributed by atoms with van der Waals surface area (Å²) in [5, 5.41) is 5.89. The maximum absolute atomic E-state index is 12.0. The lowest BCUT2D eigenvalue weighted by molar-refractivity contribution is 0.114. The average molecular weight is 334 g/mol. The molecule has 0 aromatic heterocycles. The number of hydrogen-bond acceptors (Lipinski definition) is 4. The van der Waals surface area contributed by atoms with Crippen molar-refractivity contribution < 1.29 is 9.53 Å². The Morgan fingerprint density at radius 3 is 2.92 bits per heavy atom. The Kier molecular flexibility index (Phi) is 6.87. The summed E-state index contributed by atoms with van der Waals surface area (Å²) < 4.78 is 5.72. The number of carbonyl (C=O) groups excluding carboxylic acids is 1. The molecule has 0 saturated carbocycles. The molecule has 0 unspecified atom stereocenters. The first kappa shape index (κ1) is 18.5. The third-order valence-corrected chi connectivity index (χ3v) is 4.35. The standard InChI is InChI=1S/C18H30N4O2/c1-14-6-5-7-17(10-14)24-13-15(2)20-18(23)19-11-16-12-21(3)8-9-22(16)4/h5-7,10,15-16H,8-9,11-13H2,1-4H3,(H2,19,20,23)/t15-,16+/m0/s1. The molecule has 0 bridgehead atoms. The van der Waals surface area contributed by atoms with Gasteiger partial charge in [0.15, 0.2) is 0 Å². The van der Waals surface area contributed by atoms with Crippen molar-refractivity contribution >= 4 is 6.03 Å². The maximum Gasteiger partial charge on any atom is 0.315 e. The van der Waals surface area contributed by atoms with E-state index in [4.69, 9.17) is 4.74 Å². The summed E-state index contributed by atoms with van der Waals surface area (Å²) in [6.07, 6.45) is 0. The van der Waals surface area contributed by atoms with Gasteiger partial charge in [0.05, 0.1) is 6.04 Å². The molecule has 1 aliphatic heterocycles. The SMILES string of the molecule is Cc1cccc(OC[C@H](C)NC(=O)NC[C@@H]2CN(C)CCN2C)c1. The molecule has 2 atom stereocenters. The molecule has 1 aromatic rings. The largest absolute Gasteiger partial charge is 0.491 e. The molecular formula is C18H30N4O2. The van der Waals surface area contributed by atoms with E-state index in [0.717, 1.165) is 30.9 Å². The van der Waals surface area contributed by atoms with Crippen LogP contribution in [0.2, 0.25) is 0 Å². The average Bonchev–Trinajstić information content (AvgIpc) is 2.54. The molecule has 134 valence electrons. The Bertz CT molecular complexity index is 538. The Labute approximate surface area is 145 Å². The van der Waals surface area contributed by atoms with Crippen molar-refractivity contribution in [3.05, 3.63) is 29.8 Å². The molecule has 1 saturated heterocycles. The van der Waals surface area contributed by atoms with Crippen molar-refractivity contribution in [2.45, 2.75) is 25.9 Å². The number of hydrogen-bond donors (Lipinski definition) is 2. The van der Waals surface area contributed by atoms with E-state index in [1.165, 1.54) is 0 Å². The number of piperazine rings is 1. The van der Waals surface area contributed by atoms with Gasteiger partial charge in [0.2, 0.25) is 0 Å². The van der Waals surface area contributed by atoms with Crippen molar-refractivity contribution in [1.29, 1.82) is 0 Å². The van der Waals surface area contributed by atoms with E-state index in [1.54, 1.807) is 0 Å². The minimum atomic E-state index is -0.142. The Hall–Kier alpha value is -1.79. The first-order chi connectivity index (χ1) is 11.4. The summed E-state index contributed by atoms with van der Waals surface area (Å²) in [7, 11) is 4.22. The number of urea groups is 1. The number of amides is 2. The normalized spacial score (nSPS) is 20.4. The second-order valence-corrected chi connectivity index (χ2v) is 6.78. The third-order valence-electron chi connectivity index (χ3n) is 4.35. The summed E-state index contributed by atoms with van der Waals surface area (Å²) in [5.41, 5.74) is 1.16. The molecule has 2 amide bonds. The molecule has 1 aromatic carbocycles. The van der Waals surface area contributed by atoms with E-state index in [-0.39, 0.29) is 12.1 Å². The number of carbonyl (C=O) groups is 1. The van der Waals surface area contributed by atoms with Crippen molar-refractivity contribution in [1.82, 2.24) is 20.4 Å². The number of rotatable bonds is 6. The van der Waals surface area contributed by atoms with Gasteiger partial charge in [-0.05, 0) is 45.6 Å². The fraction of sp³-hybridized carbons (Fsp3) is 0.611. The molecule has 0 spiro atoms. The van der Waals surface area contributed by atoms with Crippen LogP contribution in [0.5, 0.6) is 5.75 Å². The summed E-state index contributed by atoms with van der Waals surface area (Å²) in [6, 6.07) is 8.06. The van der Waals surface area contributed by atoms with Gasteiger partial charge in [0.1, 0.15) is 12.4 Å². The second kappa shape index (κ2) is 8.89. The fourth-order valence-corrected chi connectivity index (χ4v) is 2.78. The highest BCUT2D eigenvalue weighted by Crippen LogP contribution is 2.12. The predicted octanol–water partition coefficient (Wildman–Crippen LogP) is 1.31. The molecule has 1 heterocycles. The summed E-state index contributed by atoms with van der Waals surface area (Å²) in [6.45, 7) is 8.15. The molecule has 1 aliphatic rings. The number of nitrogens with zero attached hydrogens (tertiary/aromatic N) is 2. The van der Waals surface area contributed by atoms with Crippen molar-refractivity contribution in [2.75, 3.05) is 46.9 Å². The predicted molar refractivity (Wildman–Crippen MR) is 96.6 cm³/mol. The molecular weight excluding hydrogens is 304 g/mol. The van der Waals surface area contributed by atoms with Crippen LogP contribution in [0.1, 0.15) is 12.5 Å². The molecule has 24 heavy (non-hydrogen) atoms. The van der Waals surface area contributed by atoms with Crippen molar-refractivity contribution in [2.24, 2.45) is 0 Å². The number of aryl methyl sites for hydroxylation is 1. The molecule has 6 nitrogen and oxygen atoms in total. The van der Waals surface area contributed by atoms with Crippen LogP contribution in [0.3, 0.4) is 0 Å². The van der Waals surface area contributed by atoms with Crippen LogP contribution in [-0.4, -0.2) is 74.8 Å². The van der Waals surface area contributed by atoms with Gasteiger partial charge in [0, 0.05) is 32.2 Å². The summed E-state index contributed by atoms with van der Waals surface area (Å²) in [5.74, 6) is 0.830. The zero-order valence-electron chi connectivity index (χ0n) is 15.2. The Morgan fingerprint density at radius 1 is 1.38 bits per heavy atom. The zero-order valence-corrected chi connectivity index (χ0v) is 15.2. The first-order valence-corrected chi connectivity index (χ1v) is 8.56. The van der Waals surface area contributed by atoms with E-state index >= 15 is 0 Å². The maximum atomic E-state index is 12.0. The highest BCUT2D eigenvalue weighted by molar-refractivity contribution is 5.74.